The van der Waals surface area contributed by atoms with Crippen LogP contribution in [0.2, 0.25) is 0 Å². The molecule has 1 atom stereocenters. The Balaban J connectivity index is 1.56. The van der Waals surface area contributed by atoms with Gasteiger partial charge in [-0.25, -0.2) is 14.4 Å². The Bertz CT molecular complexity index is 1210. The first-order chi connectivity index (χ1) is 15.2. The number of H-pyrrole nitrogens is 1. The standard InChI is InChI=1S/C20H14F4N4O2S2/c21-12-5-3-11(4-6-12)14-8-13(15-2-1-7-31-15)27-28(14)18(30)10-32-19-25-16(20(22,23)24)9-17(29)26-19/h1-7,9,14H,8,10H2,(H,25,26,29)/t14-/m1/s1. The van der Waals surface area contributed by atoms with Crippen molar-refractivity contribution >= 4 is 34.7 Å². The van der Waals surface area contributed by atoms with E-state index in [0.29, 0.717) is 35.5 Å². The highest BCUT2D eigenvalue weighted by molar-refractivity contribution is 7.99. The number of thioether (sulfide) groups is 1. The minimum Gasteiger partial charge on any atom is -0.301 e. The number of thiophene rings is 1. The van der Waals surface area contributed by atoms with Crippen molar-refractivity contribution < 1.29 is 22.4 Å². The van der Waals surface area contributed by atoms with Crippen molar-refractivity contribution in [3.8, 4) is 0 Å². The maximum atomic E-state index is 13.4. The van der Waals surface area contributed by atoms with Gasteiger partial charge in [-0.15, -0.1) is 11.3 Å². The summed E-state index contributed by atoms with van der Waals surface area (Å²) in [5.41, 5.74) is -0.950. The van der Waals surface area contributed by atoms with Gasteiger partial charge in [0.2, 0.25) is 0 Å². The van der Waals surface area contributed by atoms with Gasteiger partial charge in [0, 0.05) is 12.5 Å². The zero-order valence-corrected chi connectivity index (χ0v) is 17.7. The van der Waals surface area contributed by atoms with E-state index in [1.54, 1.807) is 12.1 Å². The molecule has 1 aliphatic heterocycles. The second kappa shape index (κ2) is 8.87. The predicted molar refractivity (Wildman–Crippen MR) is 112 cm³/mol. The summed E-state index contributed by atoms with van der Waals surface area (Å²) in [5, 5.41) is 7.23. The summed E-state index contributed by atoms with van der Waals surface area (Å²) in [6.45, 7) is 0. The number of halogens is 4. The number of aromatic amines is 1. The van der Waals surface area contributed by atoms with Crippen LogP contribution in [0, 0.1) is 5.82 Å². The number of benzene rings is 1. The van der Waals surface area contributed by atoms with E-state index in [0.717, 1.165) is 4.88 Å². The van der Waals surface area contributed by atoms with Crippen molar-refractivity contribution in [3.63, 3.8) is 0 Å². The van der Waals surface area contributed by atoms with Gasteiger partial charge in [-0.1, -0.05) is 30.0 Å². The Kier molecular flexibility index (Phi) is 6.15. The summed E-state index contributed by atoms with van der Waals surface area (Å²) in [7, 11) is 0. The first-order valence-electron chi connectivity index (χ1n) is 9.21. The van der Waals surface area contributed by atoms with E-state index in [9.17, 15) is 27.2 Å². The van der Waals surface area contributed by atoms with E-state index in [2.05, 4.69) is 15.1 Å². The highest BCUT2D eigenvalue weighted by Crippen LogP contribution is 2.35. The highest BCUT2D eigenvalue weighted by Gasteiger charge is 2.35. The molecule has 0 radical (unpaired) electrons. The third-order valence-electron chi connectivity index (χ3n) is 4.57. The van der Waals surface area contributed by atoms with Crippen LogP contribution in [-0.2, 0) is 11.0 Å². The first kappa shape index (κ1) is 22.2. The molecule has 1 amide bonds. The summed E-state index contributed by atoms with van der Waals surface area (Å²) in [5.74, 6) is -1.21. The van der Waals surface area contributed by atoms with Crippen LogP contribution in [0.1, 0.15) is 28.6 Å². The normalized spacial score (nSPS) is 16.3. The number of alkyl halides is 3. The smallest absolute Gasteiger partial charge is 0.301 e. The largest absolute Gasteiger partial charge is 0.433 e. The molecule has 0 saturated carbocycles. The molecule has 3 heterocycles. The molecule has 1 aromatic carbocycles. The van der Waals surface area contributed by atoms with Gasteiger partial charge in [0.15, 0.2) is 10.9 Å². The van der Waals surface area contributed by atoms with Crippen LogP contribution in [0.15, 0.2) is 62.9 Å². The monoisotopic (exact) mass is 482 g/mol. The van der Waals surface area contributed by atoms with Crippen molar-refractivity contribution in [2.75, 3.05) is 5.75 Å². The minimum atomic E-state index is -4.78. The molecule has 0 spiro atoms. The molecular weight excluding hydrogens is 468 g/mol. The number of carbonyl (C=O) groups is 1. The topological polar surface area (TPSA) is 78.4 Å². The summed E-state index contributed by atoms with van der Waals surface area (Å²) in [4.78, 5) is 30.9. The minimum absolute atomic E-state index is 0.302. The lowest BCUT2D eigenvalue weighted by atomic mass is 10.0. The van der Waals surface area contributed by atoms with Gasteiger partial charge < -0.3 is 4.98 Å². The SMILES string of the molecule is O=C(CSc1nc(C(F)(F)F)cc(=O)[nH]1)N1N=C(c2cccs2)C[C@@H]1c1ccc(F)cc1. The van der Waals surface area contributed by atoms with E-state index in [4.69, 9.17) is 0 Å². The summed E-state index contributed by atoms with van der Waals surface area (Å²) in [6.07, 6.45) is -4.38. The van der Waals surface area contributed by atoms with Gasteiger partial charge in [0.05, 0.1) is 22.4 Å². The van der Waals surface area contributed by atoms with Crippen molar-refractivity contribution in [1.82, 2.24) is 15.0 Å². The van der Waals surface area contributed by atoms with E-state index < -0.39 is 35.2 Å². The molecule has 166 valence electrons. The number of hydrogen-bond acceptors (Lipinski definition) is 6. The number of carbonyl (C=O) groups excluding carboxylic acids is 1. The van der Waals surface area contributed by atoms with Crippen molar-refractivity contribution in [1.29, 1.82) is 0 Å². The van der Waals surface area contributed by atoms with Gasteiger partial charge in [-0.2, -0.15) is 18.3 Å². The van der Waals surface area contributed by atoms with Gasteiger partial charge in [-0.05, 0) is 29.1 Å². The molecule has 0 bridgehead atoms. The molecular formula is C20H14F4N4O2S2. The molecule has 0 unspecified atom stereocenters. The second-order valence-corrected chi connectivity index (χ2v) is 8.67. The Labute approximate surface area is 187 Å². The molecule has 0 fully saturated rings. The van der Waals surface area contributed by atoms with Crippen molar-refractivity contribution in [2.24, 2.45) is 5.10 Å². The summed E-state index contributed by atoms with van der Waals surface area (Å²) < 4.78 is 52.0. The third-order valence-corrected chi connectivity index (χ3v) is 6.35. The number of aromatic nitrogens is 2. The fourth-order valence-electron chi connectivity index (χ4n) is 3.12. The number of nitrogens with zero attached hydrogens (tertiary/aromatic N) is 3. The van der Waals surface area contributed by atoms with Crippen LogP contribution in [0.25, 0.3) is 0 Å². The average molecular weight is 482 g/mol. The maximum absolute atomic E-state index is 13.4. The molecule has 6 nitrogen and oxygen atoms in total. The third kappa shape index (κ3) is 4.91. The van der Waals surface area contributed by atoms with Crippen LogP contribution in [0.5, 0.6) is 0 Å². The van der Waals surface area contributed by atoms with E-state index >= 15 is 0 Å². The highest BCUT2D eigenvalue weighted by atomic mass is 32.2. The number of hydrazone groups is 1. The van der Waals surface area contributed by atoms with Gasteiger partial charge >= 0.3 is 6.18 Å². The fraction of sp³-hybridized carbons (Fsp3) is 0.200. The summed E-state index contributed by atoms with van der Waals surface area (Å²) >= 11 is 2.13. The number of rotatable bonds is 5. The zero-order chi connectivity index (χ0) is 22.9. The van der Waals surface area contributed by atoms with Crippen molar-refractivity contribution in [3.05, 3.63) is 80.2 Å². The van der Waals surface area contributed by atoms with Crippen LogP contribution in [0.3, 0.4) is 0 Å². The average Bonchev–Trinajstić information content (AvgIpc) is 3.41. The second-order valence-electron chi connectivity index (χ2n) is 6.76. The first-order valence-corrected chi connectivity index (χ1v) is 11.1. The Morgan fingerprint density at radius 1 is 1.25 bits per heavy atom. The molecule has 12 heteroatoms. The predicted octanol–water partition coefficient (Wildman–Crippen LogP) is 4.46. The number of amides is 1. The lowest BCUT2D eigenvalue weighted by molar-refractivity contribution is -0.141. The molecule has 0 aliphatic carbocycles. The Hall–Kier alpha value is -2.99. The van der Waals surface area contributed by atoms with E-state index in [1.165, 1.54) is 28.5 Å². The molecule has 32 heavy (non-hydrogen) atoms. The Morgan fingerprint density at radius 2 is 2.00 bits per heavy atom. The van der Waals surface area contributed by atoms with Crippen molar-refractivity contribution in [2.45, 2.75) is 23.8 Å². The van der Waals surface area contributed by atoms with Crippen LogP contribution < -0.4 is 5.56 Å². The lowest BCUT2D eigenvalue weighted by Crippen LogP contribution is -2.29. The molecule has 0 saturated heterocycles. The molecule has 1 aliphatic rings. The fourth-order valence-corrected chi connectivity index (χ4v) is 4.57. The number of hydrogen-bond donors (Lipinski definition) is 1. The van der Waals surface area contributed by atoms with E-state index in [1.807, 2.05) is 17.5 Å². The van der Waals surface area contributed by atoms with Gasteiger partial charge in [-0.3, -0.25) is 9.59 Å². The maximum Gasteiger partial charge on any atom is 0.433 e. The molecule has 1 N–H and O–H groups in total. The molecule has 3 aromatic rings. The summed E-state index contributed by atoms with van der Waals surface area (Å²) in [6, 6.07) is 9.28. The van der Waals surface area contributed by atoms with Crippen LogP contribution >= 0.6 is 23.1 Å². The molecule has 4 rings (SSSR count). The Morgan fingerprint density at radius 3 is 2.66 bits per heavy atom. The molecule has 2 aromatic heterocycles. The van der Waals surface area contributed by atoms with Crippen LogP contribution in [-0.4, -0.2) is 32.3 Å². The quantitative estimate of drug-likeness (QED) is 0.331. The van der Waals surface area contributed by atoms with Crippen LogP contribution in [0.4, 0.5) is 17.6 Å². The van der Waals surface area contributed by atoms with Gasteiger partial charge in [0.25, 0.3) is 11.5 Å². The van der Waals surface area contributed by atoms with Gasteiger partial charge in [0.1, 0.15) is 5.82 Å². The lowest BCUT2D eigenvalue weighted by Gasteiger charge is -2.22. The zero-order valence-electron chi connectivity index (χ0n) is 16.1. The number of nitrogens with one attached hydrogen (secondary N) is 1. The van der Waals surface area contributed by atoms with E-state index in [-0.39, 0.29) is 10.9 Å².